The Balaban J connectivity index is 1.45. The molecule has 1 saturated heterocycles. The molecule has 2 aliphatic heterocycles. The van der Waals surface area contributed by atoms with E-state index in [0.29, 0.717) is 19.5 Å². The van der Waals surface area contributed by atoms with Gasteiger partial charge in [0.2, 0.25) is 17.7 Å². The molecule has 0 bridgehead atoms. The lowest BCUT2D eigenvalue weighted by molar-refractivity contribution is -0.126. The van der Waals surface area contributed by atoms with Gasteiger partial charge in [-0.15, -0.1) is 0 Å². The zero-order chi connectivity index (χ0) is 19.0. The highest BCUT2D eigenvalue weighted by atomic mass is 16.2. The molecule has 2 heterocycles. The maximum Gasteiger partial charge on any atom is 0.227 e. The first-order valence-corrected chi connectivity index (χ1v) is 10.1. The number of nitrogens with zero attached hydrogens (tertiary/aromatic N) is 2. The van der Waals surface area contributed by atoms with Crippen LogP contribution in [0.2, 0.25) is 0 Å². The van der Waals surface area contributed by atoms with Crippen molar-refractivity contribution in [2.75, 3.05) is 22.9 Å². The van der Waals surface area contributed by atoms with Crippen molar-refractivity contribution in [3.63, 3.8) is 0 Å². The molecule has 0 spiro atoms. The number of amides is 3. The average molecular weight is 369 g/mol. The summed E-state index contributed by atoms with van der Waals surface area (Å²) in [4.78, 5) is 40.6. The lowest BCUT2D eigenvalue weighted by atomic mass is 10.1. The standard InChI is InChI=1S/C21H27N3O3/c1-2-19(25)23-10-9-14-11-17(7-8-18(14)23)24-13-15(12-20(24)26)21(27)22-16-5-3-4-6-16/h7-8,11,15-16H,2-6,9-10,12-13H2,1H3,(H,22,27)/t15-/m1/s1. The average Bonchev–Trinajstić information content (AvgIpc) is 3.40. The van der Waals surface area contributed by atoms with E-state index in [9.17, 15) is 14.4 Å². The molecule has 27 heavy (non-hydrogen) atoms. The molecule has 1 aromatic rings. The molecule has 1 aromatic carbocycles. The Morgan fingerprint density at radius 2 is 2.00 bits per heavy atom. The molecule has 6 heteroatoms. The summed E-state index contributed by atoms with van der Waals surface area (Å²) in [6, 6.07) is 6.12. The highest BCUT2D eigenvalue weighted by Crippen LogP contribution is 2.34. The number of carbonyl (C=O) groups excluding carboxylic acids is 3. The van der Waals surface area contributed by atoms with Gasteiger partial charge in [-0.2, -0.15) is 0 Å². The van der Waals surface area contributed by atoms with E-state index in [4.69, 9.17) is 0 Å². The number of anilines is 2. The first-order valence-electron chi connectivity index (χ1n) is 10.1. The Kier molecular flexibility index (Phi) is 4.89. The lowest BCUT2D eigenvalue weighted by Gasteiger charge is -2.20. The molecule has 1 atom stereocenters. The van der Waals surface area contributed by atoms with Crippen LogP contribution in [0.1, 0.15) is 51.0 Å². The van der Waals surface area contributed by atoms with Gasteiger partial charge in [0.05, 0.1) is 5.92 Å². The summed E-state index contributed by atoms with van der Waals surface area (Å²) in [7, 11) is 0. The van der Waals surface area contributed by atoms with Crippen LogP contribution in [0.25, 0.3) is 0 Å². The van der Waals surface area contributed by atoms with Gasteiger partial charge >= 0.3 is 0 Å². The van der Waals surface area contributed by atoms with Crippen molar-refractivity contribution in [3.05, 3.63) is 23.8 Å². The van der Waals surface area contributed by atoms with Crippen LogP contribution in [0, 0.1) is 5.92 Å². The number of rotatable bonds is 4. The fourth-order valence-electron chi connectivity index (χ4n) is 4.53. The third-order valence-electron chi connectivity index (χ3n) is 6.07. The largest absolute Gasteiger partial charge is 0.353 e. The van der Waals surface area contributed by atoms with Crippen LogP contribution < -0.4 is 15.1 Å². The minimum Gasteiger partial charge on any atom is -0.353 e. The number of fused-ring (bicyclic) bond motifs is 1. The van der Waals surface area contributed by atoms with Gasteiger partial charge in [0, 0.05) is 43.3 Å². The molecule has 6 nitrogen and oxygen atoms in total. The Hall–Kier alpha value is -2.37. The van der Waals surface area contributed by atoms with Crippen molar-refractivity contribution in [1.29, 1.82) is 0 Å². The molecule has 1 saturated carbocycles. The van der Waals surface area contributed by atoms with Crippen molar-refractivity contribution in [2.45, 2.75) is 57.9 Å². The van der Waals surface area contributed by atoms with E-state index in [-0.39, 0.29) is 36.1 Å². The maximum atomic E-state index is 12.5. The predicted molar refractivity (Wildman–Crippen MR) is 104 cm³/mol. The molecule has 144 valence electrons. The monoisotopic (exact) mass is 369 g/mol. The van der Waals surface area contributed by atoms with E-state index >= 15 is 0 Å². The minimum absolute atomic E-state index is 0.000935. The normalized spacial score (nSPS) is 22.4. The number of nitrogens with one attached hydrogen (secondary N) is 1. The second-order valence-electron chi connectivity index (χ2n) is 7.86. The second-order valence-corrected chi connectivity index (χ2v) is 7.86. The van der Waals surface area contributed by atoms with Crippen LogP contribution in [0.3, 0.4) is 0 Å². The quantitative estimate of drug-likeness (QED) is 0.886. The number of carbonyl (C=O) groups is 3. The molecule has 3 aliphatic rings. The zero-order valence-corrected chi connectivity index (χ0v) is 15.9. The Morgan fingerprint density at radius 1 is 1.22 bits per heavy atom. The predicted octanol–water partition coefficient (Wildman–Crippen LogP) is 2.40. The highest BCUT2D eigenvalue weighted by molar-refractivity contribution is 6.01. The Bertz CT molecular complexity index is 770. The van der Waals surface area contributed by atoms with Gasteiger partial charge in [-0.25, -0.2) is 0 Å². The first-order chi connectivity index (χ1) is 13.1. The van der Waals surface area contributed by atoms with E-state index in [1.807, 2.05) is 30.0 Å². The zero-order valence-electron chi connectivity index (χ0n) is 15.9. The minimum atomic E-state index is -0.274. The SMILES string of the molecule is CCC(=O)N1CCc2cc(N3C[C@H](C(=O)NC4CCCC4)CC3=O)ccc21. The fraction of sp³-hybridized carbons (Fsp3) is 0.571. The summed E-state index contributed by atoms with van der Waals surface area (Å²) >= 11 is 0. The van der Waals surface area contributed by atoms with Gasteiger partial charge < -0.3 is 15.1 Å². The molecule has 0 aromatic heterocycles. The summed E-state index contributed by atoms with van der Waals surface area (Å²) in [5.41, 5.74) is 2.88. The number of hydrogen-bond acceptors (Lipinski definition) is 3. The molecule has 3 amide bonds. The second kappa shape index (κ2) is 7.33. The number of hydrogen-bond donors (Lipinski definition) is 1. The van der Waals surface area contributed by atoms with Crippen molar-refractivity contribution >= 4 is 29.1 Å². The van der Waals surface area contributed by atoms with Gasteiger partial charge in [-0.05, 0) is 43.0 Å². The van der Waals surface area contributed by atoms with Crippen LogP contribution in [-0.2, 0) is 20.8 Å². The van der Waals surface area contributed by atoms with Crippen LogP contribution >= 0.6 is 0 Å². The van der Waals surface area contributed by atoms with E-state index in [1.54, 1.807) is 4.90 Å². The van der Waals surface area contributed by atoms with E-state index in [2.05, 4.69) is 5.32 Å². The fourth-order valence-corrected chi connectivity index (χ4v) is 4.53. The van der Waals surface area contributed by atoms with Crippen LogP contribution in [-0.4, -0.2) is 36.9 Å². The molecule has 2 fully saturated rings. The Morgan fingerprint density at radius 3 is 2.74 bits per heavy atom. The van der Waals surface area contributed by atoms with E-state index in [1.165, 1.54) is 12.8 Å². The summed E-state index contributed by atoms with van der Waals surface area (Å²) in [5.74, 6) is -0.133. The van der Waals surface area contributed by atoms with Crippen LogP contribution in [0.15, 0.2) is 18.2 Å². The molecular weight excluding hydrogens is 342 g/mol. The topological polar surface area (TPSA) is 69.7 Å². The smallest absolute Gasteiger partial charge is 0.227 e. The Labute approximate surface area is 159 Å². The van der Waals surface area contributed by atoms with Crippen molar-refractivity contribution in [3.8, 4) is 0 Å². The summed E-state index contributed by atoms with van der Waals surface area (Å²) < 4.78 is 0. The van der Waals surface area contributed by atoms with Gasteiger partial charge in [0.1, 0.15) is 0 Å². The lowest BCUT2D eigenvalue weighted by Crippen LogP contribution is -2.38. The first kappa shape index (κ1) is 18.0. The molecule has 0 radical (unpaired) electrons. The van der Waals surface area contributed by atoms with Crippen molar-refractivity contribution in [1.82, 2.24) is 5.32 Å². The third kappa shape index (κ3) is 3.45. The van der Waals surface area contributed by atoms with Crippen LogP contribution in [0.5, 0.6) is 0 Å². The van der Waals surface area contributed by atoms with Gasteiger partial charge in [-0.1, -0.05) is 19.8 Å². The van der Waals surface area contributed by atoms with Gasteiger partial charge in [0.25, 0.3) is 0 Å². The third-order valence-corrected chi connectivity index (χ3v) is 6.07. The summed E-state index contributed by atoms with van der Waals surface area (Å²) in [5, 5.41) is 3.12. The molecule has 1 aliphatic carbocycles. The van der Waals surface area contributed by atoms with E-state index in [0.717, 1.165) is 36.2 Å². The highest BCUT2D eigenvalue weighted by Gasteiger charge is 2.36. The maximum absolute atomic E-state index is 12.5. The molecule has 1 N–H and O–H groups in total. The van der Waals surface area contributed by atoms with Crippen molar-refractivity contribution in [2.24, 2.45) is 5.92 Å². The van der Waals surface area contributed by atoms with Crippen molar-refractivity contribution < 1.29 is 14.4 Å². The molecule has 0 unspecified atom stereocenters. The molecular formula is C21H27N3O3. The summed E-state index contributed by atoms with van der Waals surface area (Å²) in [6.45, 7) is 3.01. The van der Waals surface area contributed by atoms with Gasteiger partial charge in [0.15, 0.2) is 0 Å². The summed E-state index contributed by atoms with van der Waals surface area (Å²) in [6.07, 6.45) is 6.02. The van der Waals surface area contributed by atoms with E-state index < -0.39 is 0 Å². The molecule has 4 rings (SSSR count). The number of benzene rings is 1. The van der Waals surface area contributed by atoms with Gasteiger partial charge in [-0.3, -0.25) is 14.4 Å². The van der Waals surface area contributed by atoms with Crippen LogP contribution in [0.4, 0.5) is 11.4 Å².